The molecular formula is C14H24N2. The number of anilines is 1. The minimum atomic E-state index is -0.0490. The Morgan fingerprint density at radius 2 is 1.88 bits per heavy atom. The lowest BCUT2D eigenvalue weighted by Crippen LogP contribution is -2.33. The van der Waals surface area contributed by atoms with Crippen LogP contribution >= 0.6 is 0 Å². The standard InChI is InChI=1S/C14H24N2/c1-12-8-5-6-9-13(12)16(4)11-7-10-14(2,3)15/h5-6,8-9H,7,10-11,15H2,1-4H3. The van der Waals surface area contributed by atoms with Crippen molar-refractivity contribution in [1.82, 2.24) is 0 Å². The van der Waals surface area contributed by atoms with E-state index in [0.717, 1.165) is 19.4 Å². The number of rotatable bonds is 5. The molecule has 2 heteroatoms. The van der Waals surface area contributed by atoms with Gasteiger partial charge in [0.1, 0.15) is 0 Å². The highest BCUT2D eigenvalue weighted by Crippen LogP contribution is 2.18. The van der Waals surface area contributed by atoms with E-state index in [0.29, 0.717) is 0 Å². The number of aryl methyl sites for hydroxylation is 1. The van der Waals surface area contributed by atoms with Crippen molar-refractivity contribution in [3.8, 4) is 0 Å². The summed E-state index contributed by atoms with van der Waals surface area (Å²) in [6.07, 6.45) is 2.19. The van der Waals surface area contributed by atoms with Crippen LogP contribution in [-0.4, -0.2) is 19.1 Å². The molecule has 1 aromatic rings. The van der Waals surface area contributed by atoms with Crippen LogP contribution in [0.15, 0.2) is 24.3 Å². The third-order valence-electron chi connectivity index (χ3n) is 2.84. The van der Waals surface area contributed by atoms with Crippen molar-refractivity contribution in [1.29, 1.82) is 0 Å². The van der Waals surface area contributed by atoms with E-state index in [-0.39, 0.29) is 5.54 Å². The molecule has 0 radical (unpaired) electrons. The maximum Gasteiger partial charge on any atom is 0.0393 e. The second kappa shape index (κ2) is 5.35. The SMILES string of the molecule is Cc1ccccc1N(C)CCCC(C)(C)N. The number of hydrogen-bond donors (Lipinski definition) is 1. The normalized spacial score (nSPS) is 11.6. The van der Waals surface area contributed by atoms with Crippen LogP contribution < -0.4 is 10.6 Å². The van der Waals surface area contributed by atoms with E-state index in [2.05, 4.69) is 57.0 Å². The van der Waals surface area contributed by atoms with Crippen LogP contribution in [0.25, 0.3) is 0 Å². The first-order valence-electron chi connectivity index (χ1n) is 5.96. The predicted molar refractivity (Wildman–Crippen MR) is 71.9 cm³/mol. The average molecular weight is 220 g/mol. The molecule has 2 N–H and O–H groups in total. The minimum Gasteiger partial charge on any atom is -0.374 e. The highest BCUT2D eigenvalue weighted by atomic mass is 15.1. The lowest BCUT2D eigenvalue weighted by molar-refractivity contribution is 0.460. The molecule has 0 bridgehead atoms. The second-order valence-corrected chi connectivity index (χ2v) is 5.30. The molecule has 0 aromatic heterocycles. The van der Waals surface area contributed by atoms with E-state index in [1.807, 2.05) is 0 Å². The van der Waals surface area contributed by atoms with E-state index in [1.165, 1.54) is 11.3 Å². The van der Waals surface area contributed by atoms with Gasteiger partial charge in [-0.05, 0) is 45.2 Å². The number of benzene rings is 1. The van der Waals surface area contributed by atoms with Gasteiger partial charge in [0.05, 0.1) is 0 Å². The van der Waals surface area contributed by atoms with Crippen molar-refractivity contribution in [2.45, 2.75) is 39.2 Å². The minimum absolute atomic E-state index is 0.0490. The maximum absolute atomic E-state index is 5.97. The summed E-state index contributed by atoms with van der Waals surface area (Å²) in [5.74, 6) is 0. The van der Waals surface area contributed by atoms with Crippen molar-refractivity contribution < 1.29 is 0 Å². The van der Waals surface area contributed by atoms with Crippen LogP contribution in [0.2, 0.25) is 0 Å². The van der Waals surface area contributed by atoms with Crippen LogP contribution in [0.4, 0.5) is 5.69 Å². The zero-order valence-electron chi connectivity index (χ0n) is 11.0. The van der Waals surface area contributed by atoms with Gasteiger partial charge < -0.3 is 10.6 Å². The summed E-state index contributed by atoms with van der Waals surface area (Å²) >= 11 is 0. The molecule has 0 heterocycles. The van der Waals surface area contributed by atoms with Gasteiger partial charge >= 0.3 is 0 Å². The Morgan fingerprint density at radius 3 is 2.44 bits per heavy atom. The Bertz CT molecular complexity index is 326. The van der Waals surface area contributed by atoms with Gasteiger partial charge in [-0.25, -0.2) is 0 Å². The summed E-state index contributed by atoms with van der Waals surface area (Å²) in [5, 5.41) is 0. The average Bonchev–Trinajstić information content (AvgIpc) is 2.16. The lowest BCUT2D eigenvalue weighted by Gasteiger charge is -2.24. The van der Waals surface area contributed by atoms with Gasteiger partial charge in [-0.15, -0.1) is 0 Å². The van der Waals surface area contributed by atoms with Crippen LogP contribution in [0.3, 0.4) is 0 Å². The molecule has 0 fully saturated rings. The van der Waals surface area contributed by atoms with E-state index < -0.39 is 0 Å². The first-order valence-corrected chi connectivity index (χ1v) is 5.96. The number of hydrogen-bond acceptors (Lipinski definition) is 2. The summed E-state index contributed by atoms with van der Waals surface area (Å²) < 4.78 is 0. The first kappa shape index (κ1) is 13.0. The van der Waals surface area contributed by atoms with Crippen molar-refractivity contribution in [2.75, 3.05) is 18.5 Å². The summed E-state index contributed by atoms with van der Waals surface area (Å²) in [6.45, 7) is 7.38. The Hall–Kier alpha value is -1.02. The number of nitrogens with zero attached hydrogens (tertiary/aromatic N) is 1. The molecule has 0 saturated carbocycles. The largest absolute Gasteiger partial charge is 0.374 e. The Labute approximate surface area is 99.5 Å². The highest BCUT2D eigenvalue weighted by Gasteiger charge is 2.11. The smallest absolute Gasteiger partial charge is 0.0393 e. The Morgan fingerprint density at radius 1 is 1.25 bits per heavy atom. The van der Waals surface area contributed by atoms with Gasteiger partial charge in [0, 0.05) is 24.8 Å². The molecular weight excluding hydrogens is 196 g/mol. The fourth-order valence-corrected chi connectivity index (χ4v) is 1.88. The van der Waals surface area contributed by atoms with Crippen molar-refractivity contribution >= 4 is 5.69 Å². The zero-order valence-corrected chi connectivity index (χ0v) is 11.0. The van der Waals surface area contributed by atoms with E-state index >= 15 is 0 Å². The van der Waals surface area contributed by atoms with Crippen LogP contribution in [0, 0.1) is 6.92 Å². The molecule has 0 atom stereocenters. The van der Waals surface area contributed by atoms with Gasteiger partial charge in [-0.3, -0.25) is 0 Å². The number of para-hydroxylation sites is 1. The molecule has 2 nitrogen and oxygen atoms in total. The van der Waals surface area contributed by atoms with E-state index in [4.69, 9.17) is 5.73 Å². The van der Waals surface area contributed by atoms with Crippen LogP contribution in [0.5, 0.6) is 0 Å². The Balaban J connectivity index is 2.47. The zero-order chi connectivity index (χ0) is 12.2. The predicted octanol–water partition coefficient (Wildman–Crippen LogP) is 2.95. The van der Waals surface area contributed by atoms with Gasteiger partial charge in [0.15, 0.2) is 0 Å². The third-order valence-corrected chi connectivity index (χ3v) is 2.84. The number of nitrogens with two attached hydrogens (primary N) is 1. The fourth-order valence-electron chi connectivity index (χ4n) is 1.88. The molecule has 0 spiro atoms. The molecule has 0 aliphatic heterocycles. The second-order valence-electron chi connectivity index (χ2n) is 5.30. The van der Waals surface area contributed by atoms with Crippen molar-refractivity contribution in [2.24, 2.45) is 5.73 Å². The molecule has 0 saturated heterocycles. The fraction of sp³-hybridized carbons (Fsp3) is 0.571. The van der Waals surface area contributed by atoms with Crippen molar-refractivity contribution in [3.05, 3.63) is 29.8 Å². The van der Waals surface area contributed by atoms with E-state index in [1.54, 1.807) is 0 Å². The molecule has 90 valence electrons. The highest BCUT2D eigenvalue weighted by molar-refractivity contribution is 5.52. The summed E-state index contributed by atoms with van der Waals surface area (Å²) in [7, 11) is 2.14. The van der Waals surface area contributed by atoms with Crippen molar-refractivity contribution in [3.63, 3.8) is 0 Å². The molecule has 0 aliphatic rings. The molecule has 0 aliphatic carbocycles. The first-order chi connectivity index (χ1) is 7.40. The summed E-state index contributed by atoms with van der Waals surface area (Å²) in [4.78, 5) is 2.31. The van der Waals surface area contributed by atoms with Gasteiger partial charge in [-0.2, -0.15) is 0 Å². The van der Waals surface area contributed by atoms with Gasteiger partial charge in [-0.1, -0.05) is 18.2 Å². The lowest BCUT2D eigenvalue weighted by atomic mass is 10.00. The molecule has 0 amide bonds. The summed E-state index contributed by atoms with van der Waals surface area (Å²) in [5.41, 5.74) is 8.57. The van der Waals surface area contributed by atoms with E-state index in [9.17, 15) is 0 Å². The molecule has 1 rings (SSSR count). The molecule has 1 aromatic carbocycles. The van der Waals surface area contributed by atoms with Crippen LogP contribution in [-0.2, 0) is 0 Å². The molecule has 0 unspecified atom stereocenters. The van der Waals surface area contributed by atoms with Gasteiger partial charge in [0.2, 0.25) is 0 Å². The Kier molecular flexibility index (Phi) is 4.36. The maximum atomic E-state index is 5.97. The quantitative estimate of drug-likeness (QED) is 0.826. The third kappa shape index (κ3) is 4.23. The summed E-state index contributed by atoms with van der Waals surface area (Å²) in [6, 6.07) is 8.49. The monoisotopic (exact) mass is 220 g/mol. The van der Waals surface area contributed by atoms with Gasteiger partial charge in [0.25, 0.3) is 0 Å². The topological polar surface area (TPSA) is 29.3 Å². The molecule has 16 heavy (non-hydrogen) atoms. The van der Waals surface area contributed by atoms with Crippen LogP contribution in [0.1, 0.15) is 32.3 Å².